The molecule has 0 spiro atoms. The molecule has 3 aromatic rings. The van der Waals surface area contributed by atoms with Gasteiger partial charge in [0.1, 0.15) is 6.54 Å². The molecule has 2 aromatic carbocycles. The highest BCUT2D eigenvalue weighted by Gasteiger charge is 2.44. The van der Waals surface area contributed by atoms with E-state index in [1.165, 1.54) is 6.42 Å². The van der Waals surface area contributed by atoms with Crippen LogP contribution in [0.4, 0.5) is 0 Å². The Morgan fingerprint density at radius 1 is 1.06 bits per heavy atom. The number of hydrogen-bond acceptors (Lipinski definition) is 5. The zero-order chi connectivity index (χ0) is 24.9. The summed E-state index contributed by atoms with van der Waals surface area (Å²) in [5.74, 6) is 0.947. The topological polar surface area (TPSA) is 68.4 Å². The Hall–Kier alpha value is -1.96. The Labute approximate surface area is 217 Å². The van der Waals surface area contributed by atoms with Crippen molar-refractivity contribution in [1.82, 2.24) is 10.1 Å². The van der Waals surface area contributed by atoms with E-state index < -0.39 is 5.60 Å². The van der Waals surface area contributed by atoms with Gasteiger partial charge in [0.15, 0.2) is 12.1 Å². The second-order valence-electron chi connectivity index (χ2n) is 10.1. The molecule has 1 atom stereocenters. The van der Waals surface area contributed by atoms with Crippen molar-refractivity contribution in [2.45, 2.75) is 50.9 Å². The first-order chi connectivity index (χ1) is 16.8. The molecule has 0 amide bonds. The molecule has 188 valence electrons. The summed E-state index contributed by atoms with van der Waals surface area (Å²) in [6.45, 7) is 2.32. The Morgan fingerprint density at radius 2 is 1.80 bits per heavy atom. The second-order valence-corrected chi connectivity index (χ2v) is 10.9. The van der Waals surface area contributed by atoms with Gasteiger partial charge in [-0.1, -0.05) is 84.0 Å². The van der Waals surface area contributed by atoms with E-state index in [9.17, 15) is 5.11 Å². The number of aliphatic hydroxyl groups is 1. The van der Waals surface area contributed by atoms with Gasteiger partial charge in [-0.15, -0.1) is 0 Å². The Balaban J connectivity index is 1.40. The fourth-order valence-electron chi connectivity index (χ4n) is 4.81. The lowest BCUT2D eigenvalue weighted by molar-refractivity contribution is -0.905. The number of rotatable bonds is 10. The number of likely N-dealkylation sites (N-methyl/N-ethyl adjacent to an activating group) is 1. The van der Waals surface area contributed by atoms with Crippen LogP contribution >= 0.6 is 23.2 Å². The van der Waals surface area contributed by atoms with Gasteiger partial charge in [0.2, 0.25) is 5.82 Å². The Morgan fingerprint density at radius 3 is 2.51 bits per heavy atom. The van der Waals surface area contributed by atoms with E-state index in [1.807, 2.05) is 42.5 Å². The molecular weight excluding hydrogens is 485 g/mol. The van der Waals surface area contributed by atoms with Crippen LogP contribution in [0.3, 0.4) is 0 Å². The van der Waals surface area contributed by atoms with Gasteiger partial charge in [0.05, 0.1) is 37.4 Å². The van der Waals surface area contributed by atoms with Crippen molar-refractivity contribution in [1.29, 1.82) is 0 Å². The lowest BCUT2D eigenvalue weighted by atomic mass is 9.73. The molecule has 35 heavy (non-hydrogen) atoms. The fourth-order valence-corrected chi connectivity index (χ4v) is 5.13. The quantitative estimate of drug-likeness (QED) is 0.264. The first-order valence-corrected chi connectivity index (χ1v) is 13.0. The molecule has 0 radical (unpaired) electrons. The molecule has 0 bridgehead atoms. The number of quaternary nitrogens is 1. The molecule has 1 N–H and O–H groups in total. The van der Waals surface area contributed by atoms with Gasteiger partial charge >= 0.3 is 0 Å². The first-order valence-electron chi connectivity index (χ1n) is 12.2. The maximum absolute atomic E-state index is 12.0. The molecule has 1 heterocycles. The molecule has 1 fully saturated rings. The van der Waals surface area contributed by atoms with Crippen molar-refractivity contribution >= 4 is 23.2 Å². The minimum Gasteiger partial charge on any atom is -0.377 e. The Bertz CT molecular complexity index is 1100. The van der Waals surface area contributed by atoms with Gasteiger partial charge in [-0.05, 0) is 42.0 Å². The van der Waals surface area contributed by atoms with Crippen LogP contribution in [0, 0.1) is 5.92 Å². The minimum absolute atomic E-state index is 0.0707. The average Bonchev–Trinajstić information content (AvgIpc) is 3.33. The number of hydrogen-bond donors (Lipinski definition) is 1. The standard InChI is InChI=1S/C27H34Cl2N3O3/c1-32(2,15-16-34-19-20-13-14-23(28)24(29)17-20)18-25-30-26(31-35-25)27(33,21-9-5-3-6-10-21)22-11-7-4-8-12-22/h3,5-6,9-10,13-14,17,22,33H,4,7-8,11-12,15-16,18-19H2,1-2H3/q+1. The molecule has 1 aliphatic rings. The van der Waals surface area contributed by atoms with E-state index >= 15 is 0 Å². The van der Waals surface area contributed by atoms with Crippen molar-refractivity contribution in [3.8, 4) is 0 Å². The molecule has 1 aromatic heterocycles. The van der Waals surface area contributed by atoms with Crippen LogP contribution in [0.15, 0.2) is 53.1 Å². The molecule has 6 nitrogen and oxygen atoms in total. The van der Waals surface area contributed by atoms with Crippen LogP contribution in [0.1, 0.15) is 54.9 Å². The molecule has 8 heteroatoms. The van der Waals surface area contributed by atoms with Crippen LogP contribution < -0.4 is 0 Å². The fraction of sp³-hybridized carbons (Fsp3) is 0.481. The predicted octanol–water partition coefficient (Wildman–Crippen LogP) is 5.99. The number of ether oxygens (including phenoxy) is 1. The van der Waals surface area contributed by atoms with Gasteiger partial charge < -0.3 is 18.8 Å². The lowest BCUT2D eigenvalue weighted by Crippen LogP contribution is -2.42. The van der Waals surface area contributed by atoms with Crippen molar-refractivity contribution < 1.29 is 18.8 Å². The third-order valence-corrected chi connectivity index (χ3v) is 7.61. The summed E-state index contributed by atoms with van der Waals surface area (Å²) in [5.41, 5.74) is 0.557. The highest BCUT2D eigenvalue weighted by atomic mass is 35.5. The smallest absolute Gasteiger partial charge is 0.281 e. The molecule has 0 saturated heterocycles. The van der Waals surface area contributed by atoms with Crippen molar-refractivity contribution in [3.63, 3.8) is 0 Å². The number of aromatic nitrogens is 2. The summed E-state index contributed by atoms with van der Waals surface area (Å²) >= 11 is 12.1. The van der Waals surface area contributed by atoms with E-state index in [4.69, 9.17) is 37.4 Å². The summed E-state index contributed by atoms with van der Waals surface area (Å²) in [6.07, 6.45) is 5.32. The highest BCUT2D eigenvalue weighted by molar-refractivity contribution is 6.42. The van der Waals surface area contributed by atoms with Gasteiger partial charge in [0, 0.05) is 0 Å². The maximum atomic E-state index is 12.0. The van der Waals surface area contributed by atoms with Gasteiger partial charge in [0.25, 0.3) is 5.89 Å². The van der Waals surface area contributed by atoms with Crippen LogP contribution in [0.2, 0.25) is 10.0 Å². The summed E-state index contributed by atoms with van der Waals surface area (Å²) < 4.78 is 12.1. The normalized spacial score (nSPS) is 16.8. The molecular formula is C27H34Cl2N3O3+. The van der Waals surface area contributed by atoms with E-state index in [0.29, 0.717) is 46.0 Å². The predicted molar refractivity (Wildman–Crippen MR) is 137 cm³/mol. The van der Waals surface area contributed by atoms with Crippen molar-refractivity contribution in [2.24, 2.45) is 5.92 Å². The molecule has 0 aliphatic heterocycles. The maximum Gasteiger partial charge on any atom is 0.281 e. The highest BCUT2D eigenvalue weighted by Crippen LogP contribution is 2.42. The van der Waals surface area contributed by atoms with E-state index in [0.717, 1.165) is 43.4 Å². The molecule has 1 aliphatic carbocycles. The molecule has 1 unspecified atom stereocenters. The van der Waals surface area contributed by atoms with E-state index in [2.05, 4.69) is 19.3 Å². The van der Waals surface area contributed by atoms with Gasteiger partial charge in [-0.25, -0.2) is 0 Å². The van der Waals surface area contributed by atoms with Crippen LogP contribution in [-0.2, 0) is 23.5 Å². The summed E-state index contributed by atoms with van der Waals surface area (Å²) in [5, 5.41) is 17.3. The zero-order valence-corrected chi connectivity index (χ0v) is 21.9. The molecule has 1 saturated carbocycles. The van der Waals surface area contributed by atoms with Crippen molar-refractivity contribution in [3.05, 3.63) is 81.4 Å². The third kappa shape index (κ3) is 6.43. The zero-order valence-electron chi connectivity index (χ0n) is 20.4. The largest absolute Gasteiger partial charge is 0.377 e. The summed E-state index contributed by atoms with van der Waals surface area (Å²) in [4.78, 5) is 4.70. The van der Waals surface area contributed by atoms with Crippen LogP contribution in [-0.4, -0.2) is 47.0 Å². The lowest BCUT2D eigenvalue weighted by Gasteiger charge is -2.36. The monoisotopic (exact) mass is 518 g/mol. The van der Waals surface area contributed by atoms with Crippen LogP contribution in [0.25, 0.3) is 0 Å². The number of benzene rings is 2. The Kier molecular flexibility index (Phi) is 8.50. The minimum atomic E-state index is -1.25. The second kappa shape index (κ2) is 11.4. The third-order valence-electron chi connectivity index (χ3n) is 6.88. The number of halogens is 2. The van der Waals surface area contributed by atoms with Crippen molar-refractivity contribution in [2.75, 3.05) is 27.2 Å². The molecule has 4 rings (SSSR count). The first kappa shape index (κ1) is 26.1. The number of nitrogens with zero attached hydrogens (tertiary/aromatic N) is 3. The van der Waals surface area contributed by atoms with E-state index in [1.54, 1.807) is 6.07 Å². The van der Waals surface area contributed by atoms with Gasteiger partial charge in [-0.2, -0.15) is 4.98 Å². The summed E-state index contributed by atoms with van der Waals surface area (Å²) in [7, 11) is 4.19. The van der Waals surface area contributed by atoms with Gasteiger partial charge in [-0.3, -0.25) is 0 Å². The van der Waals surface area contributed by atoms with Crippen LogP contribution in [0.5, 0.6) is 0 Å². The summed E-state index contributed by atoms with van der Waals surface area (Å²) in [6, 6.07) is 15.3. The SMILES string of the molecule is C[N+](C)(CCOCc1ccc(Cl)c(Cl)c1)Cc1nc(C(O)(c2ccccc2)C2CCCCC2)no1. The van der Waals surface area contributed by atoms with E-state index in [-0.39, 0.29) is 5.92 Å². The average molecular weight is 519 g/mol.